The van der Waals surface area contributed by atoms with Crippen LogP contribution in [0.1, 0.15) is 30.9 Å². The van der Waals surface area contributed by atoms with Gasteiger partial charge in [0.1, 0.15) is 11.6 Å². The number of hydrogen-bond donors (Lipinski definition) is 2. The highest BCUT2D eigenvalue weighted by Crippen LogP contribution is 2.27. The first-order valence-electron chi connectivity index (χ1n) is 9.86. The van der Waals surface area contributed by atoms with Crippen molar-refractivity contribution in [3.05, 3.63) is 70.0 Å². The zero-order chi connectivity index (χ0) is 22.1. The number of methoxy groups -OCH3 is 1. The van der Waals surface area contributed by atoms with Crippen LogP contribution in [0.3, 0.4) is 0 Å². The minimum atomic E-state index is -0.537. The molecule has 1 aromatic heterocycles. The largest absolute Gasteiger partial charge is 0.493 e. The quantitative estimate of drug-likeness (QED) is 0.310. The lowest BCUT2D eigenvalue weighted by molar-refractivity contribution is 0.288. The van der Waals surface area contributed by atoms with Crippen LogP contribution in [0, 0.1) is 11.3 Å². The average Bonchev–Trinajstić information content (AvgIpc) is 2.79. The summed E-state index contributed by atoms with van der Waals surface area (Å²) in [5, 5.41) is 13.5. The molecule has 3 rings (SSSR count). The maximum Gasteiger partial charge on any atom is 0.270 e. The lowest BCUT2D eigenvalue weighted by atomic mass is 10.1. The van der Waals surface area contributed by atoms with Crippen LogP contribution in [0.25, 0.3) is 11.3 Å². The fourth-order valence-electron chi connectivity index (χ4n) is 2.82. The third kappa shape index (κ3) is 5.48. The van der Waals surface area contributed by atoms with Crippen LogP contribution in [0.5, 0.6) is 11.5 Å². The molecule has 0 fully saturated rings. The molecular weight excluding hydrogens is 394 g/mol. The van der Waals surface area contributed by atoms with Gasteiger partial charge in [0.05, 0.1) is 25.6 Å². The van der Waals surface area contributed by atoms with Crippen LogP contribution in [-0.4, -0.2) is 29.9 Å². The molecule has 8 nitrogen and oxygen atoms in total. The van der Waals surface area contributed by atoms with Crippen molar-refractivity contribution in [1.29, 1.82) is 5.26 Å². The van der Waals surface area contributed by atoms with E-state index >= 15 is 0 Å². The second-order valence-corrected chi connectivity index (χ2v) is 6.60. The second kappa shape index (κ2) is 10.6. The molecule has 2 N–H and O–H groups in total. The smallest absolute Gasteiger partial charge is 0.270 e. The number of nitriles is 1. The van der Waals surface area contributed by atoms with E-state index in [9.17, 15) is 10.1 Å². The van der Waals surface area contributed by atoms with E-state index in [0.717, 1.165) is 18.4 Å². The monoisotopic (exact) mass is 417 g/mol. The second-order valence-electron chi connectivity index (χ2n) is 6.60. The van der Waals surface area contributed by atoms with E-state index in [-0.39, 0.29) is 11.5 Å². The molecule has 0 saturated heterocycles. The molecule has 0 aliphatic carbocycles. The summed E-state index contributed by atoms with van der Waals surface area (Å²) in [5.74, 6) is 1.41. The Morgan fingerprint density at radius 1 is 1.23 bits per heavy atom. The number of H-pyrrole nitrogens is 1. The summed E-state index contributed by atoms with van der Waals surface area (Å²) in [7, 11) is 1.59. The third-order valence-corrected chi connectivity index (χ3v) is 4.41. The highest BCUT2D eigenvalue weighted by Gasteiger charge is 2.13. The van der Waals surface area contributed by atoms with Crippen molar-refractivity contribution >= 4 is 12.2 Å². The fourth-order valence-corrected chi connectivity index (χ4v) is 2.82. The molecule has 1 heterocycles. The summed E-state index contributed by atoms with van der Waals surface area (Å²) in [4.78, 5) is 19.2. The van der Waals surface area contributed by atoms with E-state index in [4.69, 9.17) is 9.47 Å². The SMILES string of the molecule is CCCCOc1cc(C=NNc2nc(-c3ccccc3)c(C#N)c(=O)[nH]2)ccc1OC. The number of hydrogen-bond acceptors (Lipinski definition) is 7. The van der Waals surface area contributed by atoms with Crippen molar-refractivity contribution in [1.82, 2.24) is 9.97 Å². The first-order chi connectivity index (χ1) is 15.2. The highest BCUT2D eigenvalue weighted by molar-refractivity contribution is 5.81. The van der Waals surface area contributed by atoms with Crippen LogP contribution >= 0.6 is 0 Å². The Labute approximate surface area is 180 Å². The Balaban J connectivity index is 1.81. The molecule has 0 unspecified atom stereocenters. The van der Waals surface area contributed by atoms with Gasteiger partial charge in [0.2, 0.25) is 5.95 Å². The van der Waals surface area contributed by atoms with E-state index in [1.165, 1.54) is 0 Å². The summed E-state index contributed by atoms with van der Waals surface area (Å²) in [5.41, 5.74) is 3.87. The van der Waals surface area contributed by atoms with E-state index in [1.807, 2.05) is 36.4 Å². The van der Waals surface area contributed by atoms with Gasteiger partial charge in [0, 0.05) is 5.56 Å². The van der Waals surface area contributed by atoms with Crippen molar-refractivity contribution in [3.8, 4) is 28.8 Å². The molecule has 0 aliphatic rings. The van der Waals surface area contributed by atoms with Crippen molar-refractivity contribution in [2.45, 2.75) is 19.8 Å². The van der Waals surface area contributed by atoms with Gasteiger partial charge in [-0.2, -0.15) is 10.4 Å². The van der Waals surface area contributed by atoms with Crippen LogP contribution in [-0.2, 0) is 0 Å². The zero-order valence-electron chi connectivity index (χ0n) is 17.4. The first-order valence-corrected chi connectivity index (χ1v) is 9.86. The van der Waals surface area contributed by atoms with E-state index < -0.39 is 5.56 Å². The molecule has 3 aromatic rings. The van der Waals surface area contributed by atoms with Gasteiger partial charge in [-0.1, -0.05) is 43.7 Å². The lowest BCUT2D eigenvalue weighted by Crippen LogP contribution is -2.16. The third-order valence-electron chi connectivity index (χ3n) is 4.41. The minimum Gasteiger partial charge on any atom is -0.493 e. The summed E-state index contributed by atoms with van der Waals surface area (Å²) >= 11 is 0. The number of unbranched alkanes of at least 4 members (excludes halogenated alkanes) is 1. The molecule has 0 aliphatic heterocycles. The van der Waals surface area contributed by atoms with E-state index in [1.54, 1.807) is 31.5 Å². The number of hydrazone groups is 1. The number of anilines is 1. The molecule has 31 heavy (non-hydrogen) atoms. The van der Waals surface area contributed by atoms with Crippen LogP contribution in [0.2, 0.25) is 0 Å². The maximum atomic E-state index is 12.3. The van der Waals surface area contributed by atoms with Gasteiger partial charge >= 0.3 is 0 Å². The number of aromatic nitrogens is 2. The van der Waals surface area contributed by atoms with Crippen molar-refractivity contribution in [3.63, 3.8) is 0 Å². The van der Waals surface area contributed by atoms with Crippen LogP contribution < -0.4 is 20.5 Å². The molecule has 0 saturated carbocycles. The predicted octanol–water partition coefficient (Wildman–Crippen LogP) is 3.94. The van der Waals surface area contributed by atoms with Crippen LogP contribution in [0.4, 0.5) is 5.95 Å². The molecule has 0 atom stereocenters. The molecule has 2 aromatic carbocycles. The fraction of sp³-hybridized carbons (Fsp3) is 0.217. The molecular formula is C23H23N5O3. The standard InChI is InChI=1S/C23H23N5O3/c1-3-4-12-31-20-13-16(10-11-19(20)30-2)15-25-28-23-26-21(17-8-6-5-7-9-17)18(14-24)22(29)27-23/h5-11,13,15H,3-4,12H2,1-2H3,(H2,26,27,28,29). The Kier molecular flexibility index (Phi) is 7.38. The topological polar surface area (TPSA) is 112 Å². The Hall–Kier alpha value is -4.12. The Bertz CT molecular complexity index is 1150. The maximum absolute atomic E-state index is 12.3. The van der Waals surface area contributed by atoms with Gasteiger partial charge in [-0.3, -0.25) is 9.78 Å². The number of aromatic amines is 1. The van der Waals surface area contributed by atoms with Gasteiger partial charge in [-0.05, 0) is 30.2 Å². The molecule has 0 spiro atoms. The Morgan fingerprint density at radius 3 is 2.74 bits per heavy atom. The predicted molar refractivity (Wildman–Crippen MR) is 120 cm³/mol. The first kappa shape index (κ1) is 21.6. The van der Waals surface area contributed by atoms with Crippen LogP contribution in [0.15, 0.2) is 58.4 Å². The lowest BCUT2D eigenvalue weighted by Gasteiger charge is -2.11. The van der Waals surface area contributed by atoms with Crippen molar-refractivity contribution in [2.24, 2.45) is 5.10 Å². The number of ether oxygens (including phenoxy) is 2. The van der Waals surface area contributed by atoms with Gasteiger partial charge in [0.25, 0.3) is 5.56 Å². The van der Waals surface area contributed by atoms with Gasteiger partial charge in [-0.25, -0.2) is 10.4 Å². The molecule has 158 valence electrons. The summed E-state index contributed by atoms with van der Waals surface area (Å²) in [6.45, 7) is 2.70. The van der Waals surface area contributed by atoms with E-state index in [0.29, 0.717) is 29.4 Å². The summed E-state index contributed by atoms with van der Waals surface area (Å²) < 4.78 is 11.1. The van der Waals surface area contributed by atoms with Crippen molar-refractivity contribution < 1.29 is 9.47 Å². The number of nitrogens with one attached hydrogen (secondary N) is 2. The van der Waals surface area contributed by atoms with Crippen molar-refractivity contribution in [2.75, 3.05) is 19.1 Å². The van der Waals surface area contributed by atoms with Gasteiger partial charge in [0.15, 0.2) is 11.5 Å². The number of benzene rings is 2. The van der Waals surface area contributed by atoms with E-state index in [2.05, 4.69) is 27.4 Å². The van der Waals surface area contributed by atoms with Gasteiger partial charge < -0.3 is 9.47 Å². The molecule has 0 amide bonds. The Morgan fingerprint density at radius 2 is 2.03 bits per heavy atom. The minimum absolute atomic E-state index is 0.0512. The summed E-state index contributed by atoms with van der Waals surface area (Å²) in [6.07, 6.45) is 3.56. The van der Waals surface area contributed by atoms with Gasteiger partial charge in [-0.15, -0.1) is 0 Å². The highest BCUT2D eigenvalue weighted by atomic mass is 16.5. The average molecular weight is 417 g/mol. The number of rotatable bonds is 9. The normalized spacial score (nSPS) is 10.6. The molecule has 8 heteroatoms. The number of nitrogens with zero attached hydrogens (tertiary/aromatic N) is 3. The molecule has 0 bridgehead atoms. The summed E-state index contributed by atoms with van der Waals surface area (Å²) in [6, 6.07) is 16.4. The zero-order valence-corrected chi connectivity index (χ0v) is 17.4. The molecule has 0 radical (unpaired) electrons.